The summed E-state index contributed by atoms with van der Waals surface area (Å²) in [4.78, 5) is 33.2. The SMILES string of the molecule is C[C@H](N)C(=O)N[C@H](/C=C/C(=O)NC1CCCCCC1)CCc1ccccc1.O=C(O)C(F)(F)F. The molecule has 2 atom stereocenters. The number of benzene rings is 1. The quantitative estimate of drug-likeness (QED) is 0.332. The van der Waals surface area contributed by atoms with Crippen molar-refractivity contribution < 1.29 is 32.7 Å². The summed E-state index contributed by atoms with van der Waals surface area (Å²) in [6.07, 6.45) is 6.78. The van der Waals surface area contributed by atoms with Gasteiger partial charge in [0.05, 0.1) is 6.04 Å². The Kier molecular flexibility index (Phi) is 13.0. The molecule has 1 fully saturated rings. The van der Waals surface area contributed by atoms with Gasteiger partial charge >= 0.3 is 12.1 Å². The molecule has 2 amide bonds. The number of carbonyl (C=O) groups excluding carboxylic acids is 2. The van der Waals surface area contributed by atoms with Gasteiger partial charge in [-0.15, -0.1) is 0 Å². The molecule has 5 N–H and O–H groups in total. The van der Waals surface area contributed by atoms with Crippen molar-refractivity contribution in [3.63, 3.8) is 0 Å². The van der Waals surface area contributed by atoms with Gasteiger partial charge in [0.15, 0.2) is 0 Å². The summed E-state index contributed by atoms with van der Waals surface area (Å²) in [6.45, 7) is 1.66. The van der Waals surface area contributed by atoms with Gasteiger partial charge in [0.2, 0.25) is 11.8 Å². The standard InChI is InChI=1S/C22H33N3O2.C2HF3O2/c1-17(23)22(27)25-20(14-13-18-9-5-4-6-10-18)15-16-21(26)24-19-11-7-2-3-8-12-19;3-2(4,5)1(6)7/h4-6,9-10,15-17,19-20H,2-3,7-8,11-14,23H2,1H3,(H,24,26)(H,25,27);(H,6,7)/b16-15+;/t17-,20-;/m0./s1. The molecule has 34 heavy (non-hydrogen) atoms. The molecule has 0 heterocycles. The number of amides is 2. The Morgan fingerprint density at radius 3 is 2.18 bits per heavy atom. The van der Waals surface area contributed by atoms with Crippen molar-refractivity contribution in [1.29, 1.82) is 0 Å². The smallest absolute Gasteiger partial charge is 0.475 e. The third kappa shape index (κ3) is 13.0. The van der Waals surface area contributed by atoms with Crippen LogP contribution in [-0.2, 0) is 20.8 Å². The topological polar surface area (TPSA) is 122 Å². The van der Waals surface area contributed by atoms with Gasteiger partial charge in [-0.2, -0.15) is 13.2 Å². The van der Waals surface area contributed by atoms with Crippen molar-refractivity contribution in [2.75, 3.05) is 0 Å². The largest absolute Gasteiger partial charge is 0.490 e. The number of carbonyl (C=O) groups is 3. The van der Waals surface area contributed by atoms with Gasteiger partial charge in [0.1, 0.15) is 0 Å². The summed E-state index contributed by atoms with van der Waals surface area (Å²) in [5.41, 5.74) is 6.87. The van der Waals surface area contributed by atoms with E-state index >= 15 is 0 Å². The highest BCUT2D eigenvalue weighted by Gasteiger charge is 2.38. The van der Waals surface area contributed by atoms with Gasteiger partial charge in [0, 0.05) is 18.2 Å². The van der Waals surface area contributed by atoms with Crippen molar-refractivity contribution in [2.24, 2.45) is 5.73 Å². The van der Waals surface area contributed by atoms with Crippen molar-refractivity contribution in [3.05, 3.63) is 48.0 Å². The molecule has 0 saturated heterocycles. The zero-order valence-electron chi connectivity index (χ0n) is 19.3. The van der Waals surface area contributed by atoms with Crippen LogP contribution in [0.3, 0.4) is 0 Å². The van der Waals surface area contributed by atoms with Crippen molar-refractivity contribution in [3.8, 4) is 0 Å². The number of hydrogen-bond donors (Lipinski definition) is 4. The second-order valence-electron chi connectivity index (χ2n) is 8.29. The Bertz CT molecular complexity index is 790. The first kappa shape index (κ1) is 29.2. The summed E-state index contributed by atoms with van der Waals surface area (Å²) < 4.78 is 31.7. The van der Waals surface area contributed by atoms with Gasteiger partial charge in [-0.05, 0) is 38.2 Å². The fourth-order valence-electron chi connectivity index (χ4n) is 3.37. The Hall–Kier alpha value is -2.88. The summed E-state index contributed by atoms with van der Waals surface area (Å²) >= 11 is 0. The molecule has 0 unspecified atom stereocenters. The molecule has 0 spiro atoms. The van der Waals surface area contributed by atoms with E-state index in [-0.39, 0.29) is 23.9 Å². The highest BCUT2D eigenvalue weighted by molar-refractivity contribution is 5.88. The molecule has 2 rings (SSSR count). The molecule has 1 aliphatic carbocycles. The van der Waals surface area contributed by atoms with Crippen LogP contribution < -0.4 is 16.4 Å². The molecule has 1 aromatic carbocycles. The minimum Gasteiger partial charge on any atom is -0.475 e. The second-order valence-corrected chi connectivity index (χ2v) is 8.29. The molecule has 190 valence electrons. The molecule has 0 radical (unpaired) electrons. The average molecular weight is 486 g/mol. The predicted molar refractivity (Wildman–Crippen MR) is 123 cm³/mol. The first-order valence-electron chi connectivity index (χ1n) is 11.4. The lowest BCUT2D eigenvalue weighted by atomic mass is 10.0. The summed E-state index contributed by atoms with van der Waals surface area (Å²) in [5.74, 6) is -3.05. The lowest BCUT2D eigenvalue weighted by molar-refractivity contribution is -0.192. The first-order chi connectivity index (χ1) is 16.0. The van der Waals surface area contributed by atoms with Crippen molar-refractivity contribution in [1.82, 2.24) is 10.6 Å². The first-order valence-corrected chi connectivity index (χ1v) is 11.4. The summed E-state index contributed by atoms with van der Waals surface area (Å²) in [7, 11) is 0. The number of alkyl halides is 3. The van der Waals surface area contributed by atoms with Crippen LogP contribution in [0, 0.1) is 0 Å². The van der Waals surface area contributed by atoms with Crippen LogP contribution in [0.4, 0.5) is 13.2 Å². The van der Waals surface area contributed by atoms with E-state index in [4.69, 9.17) is 15.6 Å². The van der Waals surface area contributed by atoms with Crippen LogP contribution in [0.2, 0.25) is 0 Å². The number of hydrogen-bond acceptors (Lipinski definition) is 4. The fraction of sp³-hybridized carbons (Fsp3) is 0.542. The van der Waals surface area contributed by atoms with E-state index in [1.165, 1.54) is 31.2 Å². The minimum atomic E-state index is -5.08. The highest BCUT2D eigenvalue weighted by Crippen LogP contribution is 2.17. The molecular weight excluding hydrogens is 451 g/mol. The van der Waals surface area contributed by atoms with Gasteiger partial charge in [-0.1, -0.05) is 62.1 Å². The van der Waals surface area contributed by atoms with Crippen molar-refractivity contribution >= 4 is 17.8 Å². The summed E-state index contributed by atoms with van der Waals surface area (Å²) in [5, 5.41) is 13.2. The molecular formula is C24H34F3N3O4. The Morgan fingerprint density at radius 2 is 1.68 bits per heavy atom. The number of rotatable bonds is 8. The van der Waals surface area contributed by atoms with Gasteiger partial charge in [-0.3, -0.25) is 9.59 Å². The number of aryl methyl sites for hydroxylation is 1. The maximum Gasteiger partial charge on any atom is 0.490 e. The number of nitrogens with two attached hydrogens (primary N) is 1. The third-order valence-electron chi connectivity index (χ3n) is 5.25. The Morgan fingerprint density at radius 1 is 1.12 bits per heavy atom. The normalized spacial score (nSPS) is 16.5. The van der Waals surface area contributed by atoms with Crippen LogP contribution >= 0.6 is 0 Å². The lowest BCUT2D eigenvalue weighted by Gasteiger charge is -2.18. The molecule has 0 bridgehead atoms. The minimum absolute atomic E-state index is 0.0818. The summed E-state index contributed by atoms with van der Waals surface area (Å²) in [6, 6.07) is 9.59. The van der Waals surface area contributed by atoms with Gasteiger partial charge in [-0.25, -0.2) is 4.79 Å². The van der Waals surface area contributed by atoms with Crippen LogP contribution in [-0.4, -0.2) is 47.2 Å². The van der Waals surface area contributed by atoms with E-state index in [0.29, 0.717) is 0 Å². The monoisotopic (exact) mass is 485 g/mol. The second kappa shape index (κ2) is 15.1. The molecule has 1 aliphatic rings. The maximum atomic E-state index is 12.3. The molecule has 10 heteroatoms. The van der Waals surface area contributed by atoms with E-state index in [1.807, 2.05) is 18.2 Å². The van der Waals surface area contributed by atoms with Crippen LogP contribution in [0.15, 0.2) is 42.5 Å². The van der Waals surface area contributed by atoms with Crippen LogP contribution in [0.25, 0.3) is 0 Å². The molecule has 0 aromatic heterocycles. The third-order valence-corrected chi connectivity index (χ3v) is 5.25. The predicted octanol–water partition coefficient (Wildman–Crippen LogP) is 3.48. The Labute approximate surface area is 198 Å². The van der Waals surface area contributed by atoms with E-state index in [2.05, 4.69) is 22.8 Å². The Balaban J connectivity index is 0.000000718. The van der Waals surface area contributed by atoms with E-state index in [9.17, 15) is 22.8 Å². The highest BCUT2D eigenvalue weighted by atomic mass is 19.4. The zero-order chi connectivity index (χ0) is 25.6. The zero-order valence-corrected chi connectivity index (χ0v) is 19.3. The van der Waals surface area contributed by atoms with Crippen LogP contribution in [0.1, 0.15) is 57.4 Å². The maximum absolute atomic E-state index is 12.3. The number of halogens is 3. The molecule has 1 saturated carbocycles. The fourth-order valence-corrected chi connectivity index (χ4v) is 3.37. The molecule has 1 aromatic rings. The number of carboxylic acid groups (broad SMARTS) is 1. The number of aliphatic carboxylic acids is 1. The van der Waals surface area contributed by atoms with E-state index in [1.54, 1.807) is 19.1 Å². The molecule has 0 aliphatic heterocycles. The van der Waals surface area contributed by atoms with E-state index < -0.39 is 18.2 Å². The number of nitrogens with one attached hydrogen (secondary N) is 2. The van der Waals surface area contributed by atoms with Gasteiger partial charge in [0.25, 0.3) is 0 Å². The van der Waals surface area contributed by atoms with Crippen molar-refractivity contribution in [2.45, 2.75) is 82.6 Å². The van der Waals surface area contributed by atoms with E-state index in [0.717, 1.165) is 25.7 Å². The molecule has 7 nitrogen and oxygen atoms in total. The number of carboxylic acids is 1. The lowest BCUT2D eigenvalue weighted by Crippen LogP contribution is -2.43. The van der Waals surface area contributed by atoms with Gasteiger partial charge < -0.3 is 21.5 Å². The average Bonchev–Trinajstić information content (AvgIpc) is 3.04. The van der Waals surface area contributed by atoms with Crippen LogP contribution in [0.5, 0.6) is 0 Å².